The Hall–Kier alpha value is -10.5. The highest BCUT2D eigenvalue weighted by Gasteiger charge is 2.36. The molecule has 0 bridgehead atoms. The highest BCUT2D eigenvalue weighted by Crippen LogP contribution is 2.44. The number of urea groups is 3. The van der Waals surface area contributed by atoms with Crippen molar-refractivity contribution in [3.63, 3.8) is 0 Å². The lowest BCUT2D eigenvalue weighted by Crippen LogP contribution is -2.21. The molecule has 9 aromatic rings. The molecule has 0 saturated carbocycles. The number of fused-ring (bicyclic) bond motifs is 3. The third-order valence-electron chi connectivity index (χ3n) is 14.1. The van der Waals surface area contributed by atoms with Gasteiger partial charge in [0, 0.05) is 81.7 Å². The van der Waals surface area contributed by atoms with Crippen molar-refractivity contribution in [1.29, 1.82) is 0 Å². The van der Waals surface area contributed by atoms with Gasteiger partial charge in [-0.2, -0.15) is 39.5 Å². The number of nitrogens with one attached hydrogen (secondary N) is 8. The highest BCUT2D eigenvalue weighted by atomic mass is 35.5. The van der Waals surface area contributed by atoms with Gasteiger partial charge in [-0.15, -0.1) is 11.8 Å². The Morgan fingerprint density at radius 1 is 0.465 bits per heavy atom. The summed E-state index contributed by atoms with van der Waals surface area (Å²) in [6.45, 7) is 0. The predicted molar refractivity (Wildman–Crippen MR) is 357 cm³/mol. The smallest absolute Gasteiger partial charge is 0.417 e. The van der Waals surface area contributed by atoms with Crippen molar-refractivity contribution in [2.24, 2.45) is 0 Å². The monoisotopic (exact) mass is 1460 g/mol. The third kappa shape index (κ3) is 18.2. The van der Waals surface area contributed by atoms with Crippen LogP contribution in [0.5, 0.6) is 23.0 Å². The number of pyridine rings is 3. The van der Waals surface area contributed by atoms with Crippen LogP contribution >= 0.6 is 58.3 Å². The molecule has 0 atom stereocenters. The Balaban J connectivity index is 0.000000161. The van der Waals surface area contributed by atoms with Gasteiger partial charge in [-0.25, -0.2) is 14.4 Å². The summed E-state index contributed by atoms with van der Waals surface area (Å²) in [6.07, 6.45) is -6.71. The van der Waals surface area contributed by atoms with Crippen LogP contribution in [0.2, 0.25) is 15.1 Å². The van der Waals surface area contributed by atoms with Crippen molar-refractivity contribution >= 4 is 145 Å². The number of aromatic nitrogens is 3. The average Bonchev–Trinajstić information content (AvgIpc) is 1.72. The van der Waals surface area contributed by atoms with Gasteiger partial charge in [0.15, 0.2) is 11.5 Å². The number of amides is 9. The molecular weight excluding hydrogens is 1420 g/mol. The molecule has 20 nitrogen and oxygen atoms in total. The van der Waals surface area contributed by atoms with Crippen LogP contribution in [0.25, 0.3) is 0 Å². The van der Waals surface area contributed by atoms with E-state index in [0.717, 1.165) is 46.2 Å². The number of ether oxygens (including phenoxy) is 2. The molecule has 510 valence electrons. The van der Waals surface area contributed by atoms with E-state index in [9.17, 15) is 68.3 Å². The Bertz CT molecular complexity index is 4640. The summed E-state index contributed by atoms with van der Waals surface area (Å²) in [5, 5.41) is 18.9. The lowest BCUT2D eigenvalue weighted by atomic mass is 10.2. The third-order valence-corrected chi connectivity index (χ3v) is 16.9. The maximum atomic E-state index is 13.0. The van der Waals surface area contributed by atoms with Gasteiger partial charge in [-0.3, -0.25) is 29.3 Å². The van der Waals surface area contributed by atoms with Gasteiger partial charge < -0.3 is 56.9 Å². The number of nitrogens with zero attached hydrogens (tertiary/aromatic N) is 4. The number of carbonyl (C=O) groups excluding carboxylic acids is 6. The normalized spacial score (nSPS) is 12.8. The van der Waals surface area contributed by atoms with E-state index < -0.39 is 68.4 Å². The van der Waals surface area contributed by atoms with Crippen LogP contribution in [0.1, 0.15) is 33.8 Å². The van der Waals surface area contributed by atoms with Gasteiger partial charge in [-0.1, -0.05) is 46.6 Å². The number of likely N-dealkylation sites (N-methyl/N-ethyl adjacent to an activating group) is 1. The average molecular weight is 1460 g/mol. The topological polar surface area (TPSA) is 259 Å². The van der Waals surface area contributed by atoms with Crippen LogP contribution in [0.4, 0.5) is 105 Å². The fourth-order valence-corrected chi connectivity index (χ4v) is 11.7. The molecule has 6 heterocycles. The van der Waals surface area contributed by atoms with Gasteiger partial charge >= 0.3 is 36.6 Å². The van der Waals surface area contributed by atoms with Crippen LogP contribution in [-0.2, 0) is 52.2 Å². The summed E-state index contributed by atoms with van der Waals surface area (Å²) >= 11 is 19.6. The molecule has 0 spiro atoms. The first-order valence-corrected chi connectivity index (χ1v) is 31.7. The molecule has 8 N–H and O–H groups in total. The number of benzene rings is 6. The van der Waals surface area contributed by atoms with Crippen LogP contribution in [0.3, 0.4) is 0 Å². The second-order valence-corrected chi connectivity index (χ2v) is 24.2. The van der Waals surface area contributed by atoms with E-state index in [1.807, 2.05) is 6.26 Å². The molecular formula is C65H46Cl3F9N12O8S2. The summed E-state index contributed by atoms with van der Waals surface area (Å²) < 4.78 is 129. The van der Waals surface area contributed by atoms with Gasteiger partial charge in [0.1, 0.15) is 22.9 Å². The Labute approximate surface area is 578 Å². The second-order valence-electron chi connectivity index (χ2n) is 21.0. The number of alkyl halides is 9. The lowest BCUT2D eigenvalue weighted by Gasteiger charge is -2.15. The number of thioether (sulfide) groups is 1. The number of hydrogen-bond acceptors (Lipinski definition) is 13. The van der Waals surface area contributed by atoms with E-state index in [4.69, 9.17) is 44.3 Å². The molecule has 3 aromatic heterocycles. The molecule has 0 unspecified atom stereocenters. The summed E-state index contributed by atoms with van der Waals surface area (Å²) in [5.41, 5.74) is 1.69. The molecule has 6 aromatic carbocycles. The minimum absolute atomic E-state index is 0.0417. The van der Waals surface area contributed by atoms with Crippen LogP contribution in [-0.4, -0.2) is 64.1 Å². The van der Waals surface area contributed by atoms with E-state index in [-0.39, 0.29) is 54.0 Å². The van der Waals surface area contributed by atoms with Crippen LogP contribution < -0.4 is 56.9 Å². The number of rotatable bonds is 13. The summed E-state index contributed by atoms with van der Waals surface area (Å²) in [6, 6.07) is 30.3. The van der Waals surface area contributed by atoms with Gasteiger partial charge in [0.25, 0.3) is 0 Å². The van der Waals surface area contributed by atoms with E-state index in [0.29, 0.717) is 79.1 Å². The fourth-order valence-electron chi connectivity index (χ4n) is 9.54. The maximum Gasteiger partial charge on any atom is 0.417 e. The molecule has 12 rings (SSSR count). The van der Waals surface area contributed by atoms with Gasteiger partial charge in [0.05, 0.1) is 78.7 Å². The van der Waals surface area contributed by atoms with Crippen molar-refractivity contribution in [2.75, 3.05) is 60.7 Å². The quantitative estimate of drug-likeness (QED) is 0.0395. The van der Waals surface area contributed by atoms with Gasteiger partial charge in [-0.05, 0) is 134 Å². The fraction of sp³-hybridized carbons (Fsp3) is 0.123. The van der Waals surface area contributed by atoms with E-state index in [1.165, 1.54) is 46.6 Å². The molecule has 3 aliphatic rings. The molecule has 0 fully saturated rings. The lowest BCUT2D eigenvalue weighted by molar-refractivity contribution is -0.138. The first kappa shape index (κ1) is 71.3. The van der Waals surface area contributed by atoms with Crippen molar-refractivity contribution in [3.05, 3.63) is 207 Å². The maximum absolute atomic E-state index is 13.0. The zero-order valence-electron chi connectivity index (χ0n) is 50.5. The van der Waals surface area contributed by atoms with Crippen molar-refractivity contribution in [3.8, 4) is 23.0 Å². The first-order valence-electron chi connectivity index (χ1n) is 28.5. The zero-order chi connectivity index (χ0) is 71.1. The number of carbonyl (C=O) groups is 6. The largest absolute Gasteiger partial charge is 0.455 e. The SMILES string of the molecule is CN1C(=O)Cc2nccc(Oc3ccc(NC(=O)Nc4ccc(Cl)c(C(F)(F)F)c4)cc3)c21.CSc1cc(NC(=O)Nc2ccc(Cl)c(C(F)(F)F)c2)ccc1Oc1ccnc2c1NC(=O)C2.O=C1Cc2nccc(Sc3ccc(NC(=O)Nc4ccc(Cl)c(C(F)(F)F)c4)cc3)c2N1. The number of halogens is 12. The molecule has 99 heavy (non-hydrogen) atoms. The van der Waals surface area contributed by atoms with E-state index >= 15 is 0 Å². The minimum Gasteiger partial charge on any atom is -0.455 e. The Morgan fingerprint density at radius 2 is 0.869 bits per heavy atom. The van der Waals surface area contributed by atoms with Crippen molar-refractivity contribution in [1.82, 2.24) is 15.0 Å². The Morgan fingerprint density at radius 3 is 1.35 bits per heavy atom. The molecule has 3 aliphatic heterocycles. The van der Waals surface area contributed by atoms with E-state index in [1.54, 1.807) is 111 Å². The standard InChI is InChI=1S/C22H16ClF3N4O3S.C22H16ClF3N4O3.C21H14ClF3N4O2S/c1-34-18-9-12(29-21(32)28-11-2-4-14(23)13(8-11)22(24,25)26)3-5-16(18)33-17-6-7-27-15-10-19(31)30-20(15)17;1-30-19(31)11-17-20(30)18(8-9-27-17)33-14-5-2-12(3-6-14)28-21(32)29-13-4-7-16(23)15(10-13)22(24,25)26;22-15-6-3-12(9-14(15)21(23,24)25)28-20(31)27-11-1-4-13(5-2-11)32-17-7-8-26-16-10-18(30)29-19(16)17/h2-9H,10H2,1H3,(H,30,31)(H2,28,29,32);2-10H,11H2,1H3,(H2,28,29,32);1-9H,10H2,(H,29,30)(H2,27,28,31). The molecule has 0 aliphatic carbocycles. The van der Waals surface area contributed by atoms with Gasteiger partial charge in [0.2, 0.25) is 17.7 Å². The summed E-state index contributed by atoms with van der Waals surface area (Å²) in [5.74, 6) is 1.49. The minimum atomic E-state index is -4.65. The second kappa shape index (κ2) is 30.1. The van der Waals surface area contributed by atoms with Crippen molar-refractivity contribution in [2.45, 2.75) is 52.5 Å². The van der Waals surface area contributed by atoms with E-state index in [2.05, 4.69) is 57.5 Å². The zero-order valence-corrected chi connectivity index (χ0v) is 54.4. The predicted octanol–water partition coefficient (Wildman–Crippen LogP) is 18.2. The van der Waals surface area contributed by atoms with Crippen molar-refractivity contribution < 1.29 is 77.8 Å². The number of anilines is 9. The molecule has 34 heteroatoms. The Kier molecular flexibility index (Phi) is 21.7. The molecule has 9 amide bonds. The summed E-state index contributed by atoms with van der Waals surface area (Å²) in [7, 11) is 1.65. The first-order chi connectivity index (χ1) is 46.9. The molecule has 0 radical (unpaired) electrons. The van der Waals surface area contributed by atoms with Crippen LogP contribution in [0, 0.1) is 0 Å². The summed E-state index contributed by atoms with van der Waals surface area (Å²) in [4.78, 5) is 88.3. The number of hydrogen-bond donors (Lipinski definition) is 8. The van der Waals surface area contributed by atoms with Crippen LogP contribution in [0.15, 0.2) is 173 Å². The molecule has 0 saturated heterocycles. The highest BCUT2D eigenvalue weighted by molar-refractivity contribution is 7.99.